The normalized spacial score (nSPS) is 27.6. The number of carbonyl (C=O) groups is 1. The summed E-state index contributed by atoms with van der Waals surface area (Å²) in [5.41, 5.74) is 7.41. The van der Waals surface area contributed by atoms with Crippen LogP contribution in [0.2, 0.25) is 0 Å². The molecule has 0 unspecified atom stereocenters. The molecule has 1 aromatic heterocycles. The van der Waals surface area contributed by atoms with Crippen molar-refractivity contribution in [3.05, 3.63) is 42.1 Å². The van der Waals surface area contributed by atoms with Crippen molar-refractivity contribution in [2.45, 2.75) is 50.6 Å². The molecule has 1 aliphatic heterocycles. The van der Waals surface area contributed by atoms with Crippen LogP contribution in [0.15, 0.2) is 36.5 Å². The largest absolute Gasteiger partial charge is 0.365 e. The van der Waals surface area contributed by atoms with Crippen LogP contribution in [0.5, 0.6) is 0 Å². The molecule has 156 valence electrons. The summed E-state index contributed by atoms with van der Waals surface area (Å²) < 4.78 is 1.79. The first-order chi connectivity index (χ1) is 14.6. The van der Waals surface area contributed by atoms with E-state index in [0.29, 0.717) is 22.8 Å². The highest BCUT2D eigenvalue weighted by atomic mass is 16.1. The van der Waals surface area contributed by atoms with E-state index < -0.39 is 5.91 Å². The summed E-state index contributed by atoms with van der Waals surface area (Å²) in [6.45, 7) is 2.42. The third-order valence-corrected chi connectivity index (χ3v) is 7.33. The Bertz CT molecular complexity index is 965. The number of hydrogen-bond acceptors (Lipinski definition) is 5. The maximum Gasteiger partial charge on any atom is 0.254 e. The molecule has 0 bridgehead atoms. The van der Waals surface area contributed by atoms with Gasteiger partial charge in [0, 0.05) is 31.0 Å². The van der Waals surface area contributed by atoms with Gasteiger partial charge in [-0.15, -0.1) is 0 Å². The monoisotopic (exact) mass is 404 g/mol. The van der Waals surface area contributed by atoms with Gasteiger partial charge in [0.05, 0.1) is 18.0 Å². The van der Waals surface area contributed by atoms with Gasteiger partial charge >= 0.3 is 0 Å². The summed E-state index contributed by atoms with van der Waals surface area (Å²) in [7, 11) is 0. The Morgan fingerprint density at radius 2 is 2.00 bits per heavy atom. The van der Waals surface area contributed by atoms with Crippen LogP contribution < -0.4 is 11.1 Å². The number of nitriles is 1. The van der Waals surface area contributed by atoms with Crippen molar-refractivity contribution in [2.24, 2.45) is 17.1 Å². The lowest BCUT2D eigenvalue weighted by Gasteiger charge is -2.59. The molecule has 2 saturated carbocycles. The van der Waals surface area contributed by atoms with Crippen molar-refractivity contribution in [1.29, 1.82) is 5.26 Å². The van der Waals surface area contributed by atoms with Crippen LogP contribution in [0.25, 0.3) is 0 Å². The zero-order valence-corrected chi connectivity index (χ0v) is 17.1. The number of anilines is 2. The van der Waals surface area contributed by atoms with E-state index in [4.69, 9.17) is 5.73 Å². The molecule has 2 aliphatic carbocycles. The van der Waals surface area contributed by atoms with E-state index in [-0.39, 0.29) is 12.0 Å². The summed E-state index contributed by atoms with van der Waals surface area (Å²) in [5.74, 6) is -0.192. The zero-order chi connectivity index (χ0) is 20.7. The lowest BCUT2D eigenvalue weighted by molar-refractivity contribution is -0.0941. The van der Waals surface area contributed by atoms with Crippen molar-refractivity contribution >= 4 is 17.4 Å². The summed E-state index contributed by atoms with van der Waals surface area (Å²) in [5, 5.41) is 17.7. The molecule has 2 aromatic rings. The predicted octanol–water partition coefficient (Wildman–Crippen LogP) is 3.44. The van der Waals surface area contributed by atoms with Gasteiger partial charge in [-0.1, -0.05) is 24.6 Å². The van der Waals surface area contributed by atoms with Gasteiger partial charge in [-0.3, -0.25) is 14.4 Å². The predicted molar refractivity (Wildman–Crippen MR) is 114 cm³/mol. The van der Waals surface area contributed by atoms with Gasteiger partial charge in [0.2, 0.25) is 0 Å². The van der Waals surface area contributed by atoms with E-state index in [2.05, 4.69) is 21.4 Å². The second-order valence-corrected chi connectivity index (χ2v) is 9.26. The minimum atomic E-state index is -0.520. The molecule has 3 atom stereocenters. The van der Waals surface area contributed by atoms with Gasteiger partial charge in [0.1, 0.15) is 5.56 Å². The molecule has 3 aliphatic rings. The van der Waals surface area contributed by atoms with Crippen molar-refractivity contribution in [3.63, 3.8) is 0 Å². The van der Waals surface area contributed by atoms with Crippen molar-refractivity contribution in [2.75, 3.05) is 18.4 Å². The maximum absolute atomic E-state index is 12.0. The highest BCUT2D eigenvalue weighted by molar-refractivity contribution is 5.98. The molecule has 30 heavy (non-hydrogen) atoms. The Kier molecular flexibility index (Phi) is 4.75. The first-order valence-corrected chi connectivity index (χ1v) is 10.9. The fourth-order valence-corrected chi connectivity index (χ4v) is 5.48. The summed E-state index contributed by atoms with van der Waals surface area (Å²) in [6, 6.07) is 12.6. The quantitative estimate of drug-likeness (QED) is 0.795. The van der Waals surface area contributed by atoms with Crippen LogP contribution in [0.4, 0.5) is 11.5 Å². The standard InChI is InChI=1S/C23H28N6O/c24-12-16-11-18(28-14-23(15-28)9-4-10-23)7-8-20(16)29-13-19(21(25)30)22(27-29)26-17-5-2-1-3-6-17/h1-3,5-6,13,16,18,20H,4,7-11,14-15H2,(H2,25,30)(H,26,27)/t16-,18+,20+/m1/s1. The number of likely N-dealkylation sites (tertiary alicyclic amines) is 1. The smallest absolute Gasteiger partial charge is 0.254 e. The topological polar surface area (TPSA) is 100.0 Å². The number of nitrogens with one attached hydrogen (secondary N) is 1. The minimum absolute atomic E-state index is 0.0328. The third-order valence-electron chi connectivity index (χ3n) is 7.33. The SMILES string of the molecule is N#C[C@H]1C[C@@H](N2CC3(CCC3)C2)CC[C@@H]1n1cc(C(N)=O)c(Nc2ccccc2)n1. The first kappa shape index (κ1) is 19.1. The number of para-hydroxylation sites is 1. The number of amides is 1. The Morgan fingerprint density at radius 1 is 1.23 bits per heavy atom. The minimum Gasteiger partial charge on any atom is -0.365 e. The van der Waals surface area contributed by atoms with Gasteiger partial charge in [-0.2, -0.15) is 10.4 Å². The third kappa shape index (κ3) is 3.35. The van der Waals surface area contributed by atoms with E-state index in [0.717, 1.165) is 24.9 Å². The van der Waals surface area contributed by atoms with Crippen LogP contribution in [-0.4, -0.2) is 39.7 Å². The molecule has 2 heterocycles. The second-order valence-electron chi connectivity index (χ2n) is 9.26. The Hall–Kier alpha value is -2.85. The molecular weight excluding hydrogens is 376 g/mol. The molecule has 5 rings (SSSR count). The summed E-state index contributed by atoms with van der Waals surface area (Å²) in [6.07, 6.45) is 8.65. The maximum atomic E-state index is 12.0. The van der Waals surface area contributed by atoms with Crippen molar-refractivity contribution in [3.8, 4) is 6.07 Å². The lowest BCUT2D eigenvalue weighted by atomic mass is 9.62. The van der Waals surface area contributed by atoms with E-state index in [1.807, 2.05) is 30.3 Å². The first-order valence-electron chi connectivity index (χ1n) is 10.9. The molecule has 7 nitrogen and oxygen atoms in total. The van der Waals surface area contributed by atoms with Crippen LogP contribution in [0.1, 0.15) is 54.9 Å². The number of rotatable bonds is 5. The van der Waals surface area contributed by atoms with Crippen LogP contribution in [-0.2, 0) is 0 Å². The molecule has 0 radical (unpaired) electrons. The van der Waals surface area contributed by atoms with E-state index in [1.165, 1.54) is 32.4 Å². The fourth-order valence-electron chi connectivity index (χ4n) is 5.48. The van der Waals surface area contributed by atoms with E-state index >= 15 is 0 Å². The highest BCUT2D eigenvalue weighted by Crippen LogP contribution is 2.50. The van der Waals surface area contributed by atoms with Crippen LogP contribution >= 0.6 is 0 Å². The average molecular weight is 405 g/mol. The van der Waals surface area contributed by atoms with Gasteiger partial charge < -0.3 is 11.1 Å². The highest BCUT2D eigenvalue weighted by Gasteiger charge is 2.50. The molecule has 1 aromatic carbocycles. The van der Waals surface area contributed by atoms with Gasteiger partial charge in [0.25, 0.3) is 5.91 Å². The summed E-state index contributed by atoms with van der Waals surface area (Å²) >= 11 is 0. The van der Waals surface area contributed by atoms with Gasteiger partial charge in [-0.25, -0.2) is 0 Å². The van der Waals surface area contributed by atoms with Crippen molar-refractivity contribution < 1.29 is 4.79 Å². The number of benzene rings is 1. The zero-order valence-electron chi connectivity index (χ0n) is 17.1. The van der Waals surface area contributed by atoms with E-state index in [1.54, 1.807) is 10.9 Å². The molecule has 3 N–H and O–H groups in total. The van der Waals surface area contributed by atoms with E-state index in [9.17, 15) is 10.1 Å². The Balaban J connectivity index is 1.31. The lowest BCUT2D eigenvalue weighted by Crippen LogP contribution is -2.63. The second kappa shape index (κ2) is 7.44. The molecule has 1 amide bonds. The fraction of sp³-hybridized carbons (Fsp3) is 0.522. The number of carbonyl (C=O) groups excluding carboxylic acids is 1. The number of primary amides is 1. The van der Waals surface area contributed by atoms with Crippen LogP contribution in [0.3, 0.4) is 0 Å². The van der Waals surface area contributed by atoms with Crippen LogP contribution in [0, 0.1) is 22.7 Å². The average Bonchev–Trinajstić information content (AvgIpc) is 3.10. The number of hydrogen-bond donors (Lipinski definition) is 2. The Labute approximate surface area is 176 Å². The number of nitrogens with zero attached hydrogens (tertiary/aromatic N) is 4. The molecule has 1 spiro atoms. The molecule has 7 heteroatoms. The number of aromatic nitrogens is 2. The van der Waals surface area contributed by atoms with Gasteiger partial charge in [-0.05, 0) is 49.7 Å². The van der Waals surface area contributed by atoms with Gasteiger partial charge in [0.15, 0.2) is 5.82 Å². The molecular formula is C23H28N6O. The van der Waals surface area contributed by atoms with Crippen molar-refractivity contribution in [1.82, 2.24) is 14.7 Å². The summed E-state index contributed by atoms with van der Waals surface area (Å²) in [4.78, 5) is 14.6. The number of nitrogens with two attached hydrogens (primary N) is 1. The molecule has 1 saturated heterocycles. The molecule has 3 fully saturated rings. The Morgan fingerprint density at radius 3 is 2.63 bits per heavy atom.